The summed E-state index contributed by atoms with van der Waals surface area (Å²) in [5.74, 6) is -0.759. The molecule has 1 amide bonds. The second kappa shape index (κ2) is 6.71. The zero-order valence-corrected chi connectivity index (χ0v) is 12.7. The van der Waals surface area contributed by atoms with E-state index >= 15 is 0 Å². The van der Waals surface area contributed by atoms with E-state index in [1.807, 2.05) is 0 Å². The van der Waals surface area contributed by atoms with E-state index < -0.39 is 16.4 Å². The fourth-order valence-corrected chi connectivity index (χ4v) is 2.08. The molecule has 0 unspecified atom stereocenters. The maximum absolute atomic E-state index is 12.0. The van der Waals surface area contributed by atoms with Gasteiger partial charge in [0.1, 0.15) is 0 Å². The van der Waals surface area contributed by atoms with E-state index in [0.717, 1.165) is 0 Å². The number of carbonyl (C=O) groups is 1. The van der Waals surface area contributed by atoms with Crippen molar-refractivity contribution in [3.05, 3.63) is 80.3 Å². The van der Waals surface area contributed by atoms with Crippen molar-refractivity contribution >= 4 is 28.8 Å². The van der Waals surface area contributed by atoms with Gasteiger partial charge in [0.2, 0.25) is 0 Å². The van der Waals surface area contributed by atoms with E-state index in [1.54, 1.807) is 24.3 Å². The van der Waals surface area contributed by atoms with Gasteiger partial charge < -0.3 is 4.98 Å². The Morgan fingerprint density at radius 2 is 1.92 bits per heavy atom. The van der Waals surface area contributed by atoms with Gasteiger partial charge >= 0.3 is 0 Å². The van der Waals surface area contributed by atoms with E-state index in [0.29, 0.717) is 16.6 Å². The highest BCUT2D eigenvalue weighted by Crippen LogP contribution is 2.10. The van der Waals surface area contributed by atoms with Gasteiger partial charge in [0.25, 0.3) is 17.2 Å². The van der Waals surface area contributed by atoms with Gasteiger partial charge in [0.05, 0.1) is 22.2 Å². The molecule has 0 saturated heterocycles. The van der Waals surface area contributed by atoms with Crippen LogP contribution in [0.3, 0.4) is 0 Å². The maximum atomic E-state index is 12.0. The van der Waals surface area contributed by atoms with Crippen molar-refractivity contribution < 1.29 is 9.72 Å². The zero-order valence-electron chi connectivity index (χ0n) is 12.7. The Balaban J connectivity index is 1.75. The monoisotopic (exact) mass is 337 g/mol. The average molecular weight is 337 g/mol. The summed E-state index contributed by atoms with van der Waals surface area (Å²) >= 11 is 0. The van der Waals surface area contributed by atoms with Crippen LogP contribution in [0.15, 0.2) is 58.4 Å². The first-order valence-electron chi connectivity index (χ1n) is 7.11. The number of hydrogen-bond donors (Lipinski definition) is 2. The molecule has 0 radical (unpaired) electrons. The number of hydrogen-bond acceptors (Lipinski definition) is 6. The highest BCUT2D eigenvalue weighted by Gasteiger charge is 2.13. The van der Waals surface area contributed by atoms with Crippen LogP contribution in [0.1, 0.15) is 16.1 Å². The number of fused-ring (bicyclic) bond motifs is 1. The van der Waals surface area contributed by atoms with Gasteiger partial charge in [-0.05, 0) is 29.8 Å². The highest BCUT2D eigenvalue weighted by molar-refractivity contribution is 5.94. The van der Waals surface area contributed by atoms with Gasteiger partial charge in [-0.25, -0.2) is 10.4 Å². The van der Waals surface area contributed by atoms with Gasteiger partial charge in [0.15, 0.2) is 5.69 Å². The van der Waals surface area contributed by atoms with Crippen LogP contribution in [0, 0.1) is 10.1 Å². The number of nitro groups is 1. The van der Waals surface area contributed by atoms with E-state index in [1.165, 1.54) is 30.5 Å². The van der Waals surface area contributed by atoms with Crippen molar-refractivity contribution in [2.45, 2.75) is 0 Å². The largest absolute Gasteiger partial charge is 0.319 e. The predicted molar refractivity (Wildman–Crippen MR) is 90.5 cm³/mol. The standard InChI is InChI=1S/C16H11N5O4/c22-15-14(18-12-3-1-2-4-13(12)19-15)16(23)20-17-9-10-5-7-11(8-6-10)21(24)25/h1-9H,(H,19,22)(H,20,23)/b17-9+. The maximum Gasteiger partial charge on any atom is 0.295 e. The molecular formula is C16H11N5O4. The number of aromatic nitrogens is 2. The van der Waals surface area contributed by atoms with Gasteiger partial charge in [-0.2, -0.15) is 5.10 Å². The van der Waals surface area contributed by atoms with Crippen LogP contribution in [0.4, 0.5) is 5.69 Å². The Morgan fingerprint density at radius 3 is 2.64 bits per heavy atom. The highest BCUT2D eigenvalue weighted by atomic mass is 16.6. The predicted octanol–water partition coefficient (Wildman–Crippen LogP) is 1.60. The first-order valence-corrected chi connectivity index (χ1v) is 7.11. The summed E-state index contributed by atoms with van der Waals surface area (Å²) in [6.45, 7) is 0. The third-order valence-corrected chi connectivity index (χ3v) is 3.30. The fraction of sp³-hybridized carbons (Fsp3) is 0. The normalized spacial score (nSPS) is 10.9. The van der Waals surface area contributed by atoms with Crippen LogP contribution in [0.25, 0.3) is 11.0 Å². The molecule has 0 atom stereocenters. The van der Waals surface area contributed by atoms with Crippen LogP contribution in [0.5, 0.6) is 0 Å². The molecule has 0 aliphatic heterocycles. The lowest BCUT2D eigenvalue weighted by Crippen LogP contribution is -2.28. The first kappa shape index (κ1) is 16.0. The number of nitrogens with one attached hydrogen (secondary N) is 2. The minimum absolute atomic E-state index is 0.0481. The number of amides is 1. The third-order valence-electron chi connectivity index (χ3n) is 3.30. The van der Waals surface area contributed by atoms with E-state index in [9.17, 15) is 19.7 Å². The van der Waals surface area contributed by atoms with Gasteiger partial charge in [-0.1, -0.05) is 12.1 Å². The molecule has 1 heterocycles. The Morgan fingerprint density at radius 1 is 1.20 bits per heavy atom. The van der Waals surface area contributed by atoms with Crippen molar-refractivity contribution in [1.29, 1.82) is 0 Å². The lowest BCUT2D eigenvalue weighted by molar-refractivity contribution is -0.384. The molecule has 0 fully saturated rings. The Bertz CT molecular complexity index is 1040. The summed E-state index contributed by atoms with van der Waals surface area (Å²) < 4.78 is 0. The SMILES string of the molecule is O=C(N/N=C/c1ccc([N+](=O)[O-])cc1)c1nc2ccccc2[nH]c1=O. The van der Waals surface area contributed by atoms with Crippen molar-refractivity contribution in [3.63, 3.8) is 0 Å². The van der Waals surface area contributed by atoms with E-state index in [2.05, 4.69) is 20.5 Å². The number of para-hydroxylation sites is 2. The lowest BCUT2D eigenvalue weighted by atomic mass is 10.2. The summed E-state index contributed by atoms with van der Waals surface area (Å²) in [4.78, 5) is 40.6. The Labute approximate surface area is 140 Å². The quantitative estimate of drug-likeness (QED) is 0.424. The molecule has 124 valence electrons. The summed E-state index contributed by atoms with van der Waals surface area (Å²) in [5.41, 5.74) is 2.78. The molecule has 0 bridgehead atoms. The summed E-state index contributed by atoms with van der Waals surface area (Å²) in [7, 11) is 0. The first-order chi connectivity index (χ1) is 12.0. The summed E-state index contributed by atoms with van der Waals surface area (Å²) in [6.07, 6.45) is 1.30. The second-order valence-corrected chi connectivity index (χ2v) is 4.98. The number of non-ortho nitro benzene ring substituents is 1. The molecule has 3 aromatic rings. The Kier molecular flexibility index (Phi) is 4.29. The van der Waals surface area contributed by atoms with Crippen LogP contribution in [-0.2, 0) is 0 Å². The zero-order chi connectivity index (χ0) is 17.8. The number of hydrazone groups is 1. The molecule has 2 N–H and O–H groups in total. The molecule has 0 saturated carbocycles. The van der Waals surface area contributed by atoms with Crippen LogP contribution in [-0.4, -0.2) is 27.0 Å². The van der Waals surface area contributed by atoms with E-state index in [-0.39, 0.29) is 11.4 Å². The molecule has 0 aliphatic rings. The number of carbonyl (C=O) groups excluding carboxylic acids is 1. The number of nitro benzene ring substituents is 1. The van der Waals surface area contributed by atoms with Crippen LogP contribution in [0.2, 0.25) is 0 Å². The molecule has 3 rings (SSSR count). The van der Waals surface area contributed by atoms with Crippen molar-refractivity contribution in [3.8, 4) is 0 Å². The molecule has 25 heavy (non-hydrogen) atoms. The summed E-state index contributed by atoms with van der Waals surface area (Å²) in [5, 5.41) is 14.3. The molecule has 0 spiro atoms. The molecule has 1 aromatic heterocycles. The van der Waals surface area contributed by atoms with Gasteiger partial charge in [0, 0.05) is 12.1 Å². The van der Waals surface area contributed by atoms with Crippen LogP contribution >= 0.6 is 0 Å². The lowest BCUT2D eigenvalue weighted by Gasteiger charge is -2.01. The smallest absolute Gasteiger partial charge is 0.295 e. The fourth-order valence-electron chi connectivity index (χ4n) is 2.08. The number of benzene rings is 2. The average Bonchev–Trinajstić information content (AvgIpc) is 2.61. The minimum atomic E-state index is -0.759. The number of rotatable bonds is 4. The van der Waals surface area contributed by atoms with Gasteiger partial charge in [-0.3, -0.25) is 19.7 Å². The van der Waals surface area contributed by atoms with Gasteiger partial charge in [-0.15, -0.1) is 0 Å². The number of H-pyrrole nitrogens is 1. The van der Waals surface area contributed by atoms with Crippen LogP contribution < -0.4 is 11.0 Å². The molecule has 0 aliphatic carbocycles. The second-order valence-electron chi connectivity index (χ2n) is 4.98. The molecule has 9 nitrogen and oxygen atoms in total. The molecule has 9 heteroatoms. The van der Waals surface area contributed by atoms with E-state index in [4.69, 9.17) is 0 Å². The van der Waals surface area contributed by atoms with Crippen molar-refractivity contribution in [1.82, 2.24) is 15.4 Å². The van der Waals surface area contributed by atoms with Crippen molar-refractivity contribution in [2.75, 3.05) is 0 Å². The molecule has 2 aromatic carbocycles. The minimum Gasteiger partial charge on any atom is -0.319 e. The third kappa shape index (κ3) is 3.55. The number of nitrogens with zero attached hydrogens (tertiary/aromatic N) is 3. The van der Waals surface area contributed by atoms with Crippen molar-refractivity contribution in [2.24, 2.45) is 5.10 Å². The molecular weight excluding hydrogens is 326 g/mol. The number of aromatic amines is 1. The Hall–Kier alpha value is -3.88. The summed E-state index contributed by atoms with van der Waals surface area (Å²) in [6, 6.07) is 12.4. The topological polar surface area (TPSA) is 130 Å².